The van der Waals surface area contributed by atoms with Crippen molar-refractivity contribution in [1.82, 2.24) is 0 Å². The highest BCUT2D eigenvalue weighted by atomic mass is 16.1. The smallest absolute Gasteiger partial charge is 0.202 e. The van der Waals surface area contributed by atoms with E-state index in [-0.39, 0.29) is 5.78 Å². The van der Waals surface area contributed by atoms with E-state index < -0.39 is 0 Å². The summed E-state index contributed by atoms with van der Waals surface area (Å²) < 4.78 is 0. The van der Waals surface area contributed by atoms with E-state index in [1.54, 1.807) is 12.2 Å². The number of Topliss-reactive ketones (excluding diaryl/α,β-unsaturated/α-hetero) is 1. The van der Waals surface area contributed by atoms with Crippen molar-refractivity contribution in [2.45, 2.75) is 13.3 Å². The summed E-state index contributed by atoms with van der Waals surface area (Å²) in [5, 5.41) is 0. The van der Waals surface area contributed by atoms with Crippen molar-refractivity contribution in [2.75, 3.05) is 0 Å². The minimum absolute atomic E-state index is 0.0907. The molecule has 0 bridgehead atoms. The highest BCUT2D eigenvalue weighted by Crippen LogP contribution is 1.79. The van der Waals surface area contributed by atoms with Crippen LogP contribution in [0.5, 0.6) is 0 Å². The molecule has 0 unspecified atom stereocenters. The molecule has 0 aliphatic heterocycles. The highest BCUT2D eigenvalue weighted by Gasteiger charge is 1.75. The second-order valence-electron chi connectivity index (χ2n) is 1.73. The van der Waals surface area contributed by atoms with Crippen molar-refractivity contribution < 1.29 is 4.79 Å². The molecule has 0 aromatic rings. The Morgan fingerprint density at radius 2 is 2.40 bits per heavy atom. The fraction of sp³-hybridized carbons (Fsp3) is 0.222. The molecule has 1 heteroatoms. The summed E-state index contributed by atoms with van der Waals surface area (Å²) in [5.41, 5.74) is 0. The van der Waals surface area contributed by atoms with Gasteiger partial charge in [0.1, 0.15) is 0 Å². The van der Waals surface area contributed by atoms with Crippen LogP contribution in [0.25, 0.3) is 0 Å². The maximum atomic E-state index is 10.3. The number of hydrogen-bond donors (Lipinski definition) is 0. The molecule has 0 aromatic heterocycles. The molecule has 0 aromatic carbocycles. The first-order valence-corrected chi connectivity index (χ1v) is 3.04. The van der Waals surface area contributed by atoms with Crippen molar-refractivity contribution in [3.8, 4) is 11.8 Å². The molecule has 0 radical (unpaired) electrons. The number of carbonyl (C=O) groups excluding carboxylic acids is 1. The molecule has 0 aliphatic rings. The topological polar surface area (TPSA) is 17.1 Å². The minimum Gasteiger partial charge on any atom is -0.285 e. The van der Waals surface area contributed by atoms with E-state index in [0.717, 1.165) is 0 Å². The molecule has 0 atom stereocenters. The van der Waals surface area contributed by atoms with Gasteiger partial charge in [-0.1, -0.05) is 30.7 Å². The Morgan fingerprint density at radius 3 is 2.90 bits per heavy atom. The maximum absolute atomic E-state index is 10.3. The van der Waals surface area contributed by atoms with Gasteiger partial charge in [-0.25, -0.2) is 0 Å². The molecular formula is C9H10O. The van der Waals surface area contributed by atoms with Gasteiger partial charge in [0.2, 0.25) is 5.78 Å². The van der Waals surface area contributed by atoms with Crippen LogP contribution in [-0.2, 0) is 4.79 Å². The molecule has 0 saturated heterocycles. The van der Waals surface area contributed by atoms with Gasteiger partial charge >= 0.3 is 0 Å². The molecule has 0 aliphatic carbocycles. The fourth-order valence-corrected chi connectivity index (χ4v) is 0.399. The highest BCUT2D eigenvalue weighted by molar-refractivity contribution is 5.93. The van der Waals surface area contributed by atoms with Gasteiger partial charge in [-0.3, -0.25) is 4.79 Å². The first-order valence-electron chi connectivity index (χ1n) is 3.04. The molecule has 52 valence electrons. The Kier molecular flexibility index (Phi) is 5.09. The third kappa shape index (κ3) is 6.71. The predicted molar refractivity (Wildman–Crippen MR) is 42.4 cm³/mol. The summed E-state index contributed by atoms with van der Waals surface area (Å²) in [7, 11) is 0. The monoisotopic (exact) mass is 134 g/mol. The lowest BCUT2D eigenvalue weighted by molar-refractivity contribution is -0.111. The minimum atomic E-state index is -0.0907. The normalized spacial score (nSPS) is 8.50. The summed E-state index contributed by atoms with van der Waals surface area (Å²) in [4.78, 5) is 10.3. The van der Waals surface area contributed by atoms with Crippen LogP contribution in [0.2, 0.25) is 0 Å². The maximum Gasteiger partial charge on any atom is 0.202 e. The lowest BCUT2D eigenvalue weighted by atomic mass is 10.3. The Morgan fingerprint density at radius 1 is 1.70 bits per heavy atom. The fourth-order valence-electron chi connectivity index (χ4n) is 0.399. The van der Waals surface area contributed by atoms with Crippen LogP contribution >= 0.6 is 0 Å². The molecule has 0 amide bonds. The summed E-state index contributed by atoms with van der Waals surface area (Å²) >= 11 is 0. The van der Waals surface area contributed by atoms with Crippen LogP contribution in [0.1, 0.15) is 13.3 Å². The third-order valence-corrected chi connectivity index (χ3v) is 0.756. The van der Waals surface area contributed by atoms with Crippen molar-refractivity contribution in [2.24, 2.45) is 0 Å². The standard InChI is InChI=1S/C9H10O/c1-3-4-5-6-7-8-9(2)10/h3-5H,1,6H2,2H3. The van der Waals surface area contributed by atoms with Gasteiger partial charge < -0.3 is 0 Å². The first kappa shape index (κ1) is 8.71. The van der Waals surface area contributed by atoms with Crippen molar-refractivity contribution >= 4 is 5.78 Å². The van der Waals surface area contributed by atoms with Crippen LogP contribution < -0.4 is 0 Å². The predicted octanol–water partition coefficient (Wildman–Crippen LogP) is 1.71. The molecule has 0 heterocycles. The summed E-state index contributed by atoms with van der Waals surface area (Å²) in [6.07, 6.45) is 5.94. The molecule has 0 N–H and O–H groups in total. The lowest BCUT2D eigenvalue weighted by Crippen LogP contribution is -1.79. The van der Waals surface area contributed by atoms with Crippen molar-refractivity contribution in [1.29, 1.82) is 0 Å². The zero-order chi connectivity index (χ0) is 7.82. The SMILES string of the molecule is C=CC=CCC#CC(C)=O. The van der Waals surface area contributed by atoms with Gasteiger partial charge in [-0.05, 0) is 5.92 Å². The Balaban J connectivity index is 3.56. The third-order valence-electron chi connectivity index (χ3n) is 0.756. The van der Waals surface area contributed by atoms with Gasteiger partial charge in [0.05, 0.1) is 0 Å². The number of hydrogen-bond acceptors (Lipinski definition) is 1. The summed E-state index contributed by atoms with van der Waals surface area (Å²) in [5.74, 6) is 5.02. The van der Waals surface area contributed by atoms with Gasteiger partial charge in [0.15, 0.2) is 0 Å². The lowest BCUT2D eigenvalue weighted by Gasteiger charge is -1.73. The van der Waals surface area contributed by atoms with Crippen molar-refractivity contribution in [3.05, 3.63) is 24.8 Å². The molecule has 10 heavy (non-hydrogen) atoms. The Hall–Kier alpha value is -1.29. The van der Waals surface area contributed by atoms with E-state index in [2.05, 4.69) is 18.4 Å². The van der Waals surface area contributed by atoms with Crippen molar-refractivity contribution in [3.63, 3.8) is 0 Å². The van der Waals surface area contributed by atoms with Crippen LogP contribution in [0.3, 0.4) is 0 Å². The number of carbonyl (C=O) groups is 1. The molecule has 1 nitrogen and oxygen atoms in total. The van der Waals surface area contributed by atoms with Gasteiger partial charge in [-0.15, -0.1) is 0 Å². The zero-order valence-electron chi connectivity index (χ0n) is 6.05. The summed E-state index contributed by atoms with van der Waals surface area (Å²) in [6.45, 7) is 4.94. The molecular weight excluding hydrogens is 124 g/mol. The van der Waals surface area contributed by atoms with Crippen LogP contribution in [0.15, 0.2) is 24.8 Å². The molecule has 0 saturated carbocycles. The Labute approximate surface area is 61.4 Å². The number of rotatable bonds is 2. The largest absolute Gasteiger partial charge is 0.285 e. The number of ketones is 1. The van der Waals surface area contributed by atoms with Gasteiger partial charge in [0, 0.05) is 13.3 Å². The zero-order valence-corrected chi connectivity index (χ0v) is 6.05. The van der Waals surface area contributed by atoms with Crippen LogP contribution in [-0.4, -0.2) is 5.78 Å². The first-order chi connectivity index (χ1) is 4.77. The average Bonchev–Trinajstić information content (AvgIpc) is 1.87. The molecule has 0 spiro atoms. The Bertz CT molecular complexity index is 201. The van der Waals surface area contributed by atoms with E-state index >= 15 is 0 Å². The van der Waals surface area contributed by atoms with Gasteiger partial charge in [-0.2, -0.15) is 0 Å². The molecule has 0 rings (SSSR count). The van der Waals surface area contributed by atoms with Crippen LogP contribution in [0.4, 0.5) is 0 Å². The van der Waals surface area contributed by atoms with Gasteiger partial charge in [0.25, 0.3) is 0 Å². The van der Waals surface area contributed by atoms with E-state index in [0.29, 0.717) is 6.42 Å². The van der Waals surface area contributed by atoms with E-state index in [1.807, 2.05) is 6.08 Å². The quantitative estimate of drug-likeness (QED) is 0.319. The van der Waals surface area contributed by atoms with E-state index in [9.17, 15) is 4.79 Å². The van der Waals surface area contributed by atoms with E-state index in [4.69, 9.17) is 0 Å². The molecule has 0 fully saturated rings. The van der Waals surface area contributed by atoms with Crippen LogP contribution in [0, 0.1) is 11.8 Å². The second-order valence-corrected chi connectivity index (χ2v) is 1.73. The van der Waals surface area contributed by atoms with E-state index in [1.165, 1.54) is 6.92 Å². The summed E-state index contributed by atoms with van der Waals surface area (Å²) in [6, 6.07) is 0. The second kappa shape index (κ2) is 5.84. The average molecular weight is 134 g/mol. The number of allylic oxidation sites excluding steroid dienone is 3.